The number of nitrogens with zero attached hydrogens (tertiary/aromatic N) is 2. The van der Waals surface area contributed by atoms with Gasteiger partial charge in [-0.2, -0.15) is 28.5 Å². The zero-order chi connectivity index (χ0) is 11.4. The Kier molecular flexibility index (Phi) is 4.55. The summed E-state index contributed by atoms with van der Waals surface area (Å²) in [4.78, 5) is 4.41. The Morgan fingerprint density at radius 1 is 1.69 bits per heavy atom. The average molecular weight is 259 g/mol. The van der Waals surface area contributed by atoms with Crippen molar-refractivity contribution in [2.45, 2.75) is 30.6 Å². The zero-order valence-electron chi connectivity index (χ0n) is 9.39. The van der Waals surface area contributed by atoms with Crippen molar-refractivity contribution in [3.05, 3.63) is 11.7 Å². The topological polar surface area (TPSA) is 64.9 Å². The molecule has 1 aromatic rings. The van der Waals surface area contributed by atoms with Gasteiger partial charge in [0.05, 0.1) is 11.3 Å². The molecule has 1 saturated heterocycles. The van der Waals surface area contributed by atoms with E-state index in [1.807, 2.05) is 11.8 Å². The summed E-state index contributed by atoms with van der Waals surface area (Å²) in [6, 6.07) is -0.111. The molecule has 2 rings (SSSR count). The minimum Gasteiger partial charge on any atom is -0.338 e. The normalized spacial score (nSPS) is 22.5. The van der Waals surface area contributed by atoms with Crippen LogP contribution in [0.1, 0.15) is 42.3 Å². The quantitative estimate of drug-likeness (QED) is 0.876. The highest BCUT2D eigenvalue weighted by Gasteiger charge is 2.24. The van der Waals surface area contributed by atoms with Gasteiger partial charge < -0.3 is 10.3 Å². The molecule has 2 N–H and O–H groups in total. The maximum absolute atomic E-state index is 5.98. The lowest BCUT2D eigenvalue weighted by Gasteiger charge is -2.04. The minimum atomic E-state index is -0.111. The number of thioether (sulfide) groups is 2. The molecule has 4 nitrogen and oxygen atoms in total. The van der Waals surface area contributed by atoms with Crippen molar-refractivity contribution >= 4 is 23.5 Å². The molecule has 0 radical (unpaired) electrons. The van der Waals surface area contributed by atoms with Crippen LogP contribution in [0.2, 0.25) is 0 Å². The first-order chi connectivity index (χ1) is 7.81. The third-order valence-electron chi connectivity index (χ3n) is 2.63. The summed E-state index contributed by atoms with van der Waals surface area (Å²) in [6.45, 7) is 0. The van der Waals surface area contributed by atoms with Crippen molar-refractivity contribution in [3.8, 4) is 0 Å². The van der Waals surface area contributed by atoms with Crippen molar-refractivity contribution in [2.24, 2.45) is 5.73 Å². The molecule has 0 amide bonds. The molecule has 6 heteroatoms. The fraction of sp³-hybridized carbons (Fsp3) is 0.800. The molecule has 1 aliphatic heterocycles. The molecule has 0 aromatic carbocycles. The predicted molar refractivity (Wildman–Crippen MR) is 68.7 cm³/mol. The first-order valence-corrected chi connectivity index (χ1v) is 7.95. The molecule has 0 bridgehead atoms. The van der Waals surface area contributed by atoms with E-state index in [1.165, 1.54) is 12.2 Å². The lowest BCUT2D eigenvalue weighted by molar-refractivity contribution is 0.348. The maximum Gasteiger partial charge on any atom is 0.243 e. The van der Waals surface area contributed by atoms with Crippen LogP contribution in [0.4, 0.5) is 0 Å². The van der Waals surface area contributed by atoms with Crippen LogP contribution < -0.4 is 5.73 Å². The second-order valence-electron chi connectivity index (χ2n) is 3.88. The summed E-state index contributed by atoms with van der Waals surface area (Å²) in [5, 5.41) is 4.46. The third kappa shape index (κ3) is 2.93. The van der Waals surface area contributed by atoms with Crippen LogP contribution in [0.15, 0.2) is 4.52 Å². The van der Waals surface area contributed by atoms with Gasteiger partial charge in [0.2, 0.25) is 5.89 Å². The summed E-state index contributed by atoms with van der Waals surface area (Å²) in [7, 11) is 0. The Bertz CT molecular complexity index is 326. The van der Waals surface area contributed by atoms with Crippen molar-refractivity contribution in [1.82, 2.24) is 10.1 Å². The maximum atomic E-state index is 5.98. The number of hydrogen-bond acceptors (Lipinski definition) is 6. The Morgan fingerprint density at radius 2 is 2.56 bits per heavy atom. The highest BCUT2D eigenvalue weighted by Crippen LogP contribution is 2.38. The Labute approximate surface area is 104 Å². The molecule has 90 valence electrons. The molecule has 2 heterocycles. The Hall–Kier alpha value is -0.200. The molecular weight excluding hydrogens is 242 g/mol. The minimum absolute atomic E-state index is 0.111. The second kappa shape index (κ2) is 5.93. The van der Waals surface area contributed by atoms with Gasteiger partial charge in [-0.15, -0.1) is 0 Å². The van der Waals surface area contributed by atoms with Gasteiger partial charge in [0.15, 0.2) is 5.82 Å². The van der Waals surface area contributed by atoms with Crippen LogP contribution in [-0.4, -0.2) is 27.9 Å². The van der Waals surface area contributed by atoms with E-state index < -0.39 is 0 Å². The number of nitrogens with two attached hydrogens (primary N) is 1. The molecule has 1 fully saturated rings. The van der Waals surface area contributed by atoms with Gasteiger partial charge in [0.25, 0.3) is 0 Å². The molecule has 0 spiro atoms. The molecule has 16 heavy (non-hydrogen) atoms. The van der Waals surface area contributed by atoms with Gasteiger partial charge in [-0.3, -0.25) is 0 Å². The van der Waals surface area contributed by atoms with Crippen LogP contribution in [-0.2, 0) is 0 Å². The summed E-state index contributed by atoms with van der Waals surface area (Å²) >= 11 is 3.69. The first-order valence-electron chi connectivity index (χ1n) is 5.51. The largest absolute Gasteiger partial charge is 0.338 e. The highest BCUT2D eigenvalue weighted by molar-refractivity contribution is 7.99. The van der Waals surface area contributed by atoms with E-state index in [0.717, 1.165) is 24.4 Å². The molecule has 1 aliphatic rings. The molecule has 2 unspecified atom stereocenters. The highest BCUT2D eigenvalue weighted by atomic mass is 32.2. The number of rotatable bonds is 5. The predicted octanol–water partition coefficient (Wildman–Crippen LogP) is 2.39. The van der Waals surface area contributed by atoms with E-state index >= 15 is 0 Å². The zero-order valence-corrected chi connectivity index (χ0v) is 11.0. The van der Waals surface area contributed by atoms with Crippen molar-refractivity contribution in [3.63, 3.8) is 0 Å². The summed E-state index contributed by atoms with van der Waals surface area (Å²) in [5.74, 6) is 3.65. The Morgan fingerprint density at radius 3 is 3.25 bits per heavy atom. The molecular formula is C10H17N3OS2. The van der Waals surface area contributed by atoms with Crippen molar-refractivity contribution < 1.29 is 4.52 Å². The molecule has 0 saturated carbocycles. The Balaban J connectivity index is 1.95. The van der Waals surface area contributed by atoms with Gasteiger partial charge in [-0.05, 0) is 37.0 Å². The second-order valence-corrected chi connectivity index (χ2v) is 6.18. The lowest BCUT2D eigenvalue weighted by Crippen LogP contribution is -2.11. The fourth-order valence-electron chi connectivity index (χ4n) is 1.68. The van der Waals surface area contributed by atoms with E-state index in [4.69, 9.17) is 10.3 Å². The molecule has 2 atom stereocenters. The van der Waals surface area contributed by atoms with Gasteiger partial charge in [0.1, 0.15) is 0 Å². The van der Waals surface area contributed by atoms with E-state index in [9.17, 15) is 0 Å². The van der Waals surface area contributed by atoms with Gasteiger partial charge in [0, 0.05) is 0 Å². The average Bonchev–Trinajstić information content (AvgIpc) is 2.94. The van der Waals surface area contributed by atoms with E-state index in [-0.39, 0.29) is 6.04 Å². The van der Waals surface area contributed by atoms with Gasteiger partial charge in [-0.1, -0.05) is 5.16 Å². The SMILES string of the molecule is CSCCC(N)c1nc(C2CCCS2)no1. The van der Waals surface area contributed by atoms with Crippen molar-refractivity contribution in [1.29, 1.82) is 0 Å². The van der Waals surface area contributed by atoms with Gasteiger partial charge in [-0.25, -0.2) is 0 Å². The molecule has 0 aliphatic carbocycles. The lowest BCUT2D eigenvalue weighted by atomic mass is 10.2. The van der Waals surface area contributed by atoms with Crippen LogP contribution >= 0.6 is 23.5 Å². The van der Waals surface area contributed by atoms with E-state index in [2.05, 4.69) is 16.4 Å². The monoisotopic (exact) mass is 259 g/mol. The van der Waals surface area contributed by atoms with Gasteiger partial charge >= 0.3 is 0 Å². The van der Waals surface area contributed by atoms with Crippen LogP contribution in [0.3, 0.4) is 0 Å². The van der Waals surface area contributed by atoms with E-state index in [1.54, 1.807) is 11.8 Å². The summed E-state index contributed by atoms with van der Waals surface area (Å²) < 4.78 is 5.23. The molecule has 1 aromatic heterocycles. The number of aromatic nitrogens is 2. The summed E-state index contributed by atoms with van der Waals surface area (Å²) in [5.41, 5.74) is 5.98. The van der Waals surface area contributed by atoms with Crippen LogP contribution in [0.5, 0.6) is 0 Å². The number of hydrogen-bond donors (Lipinski definition) is 1. The summed E-state index contributed by atoms with van der Waals surface area (Å²) in [6.07, 6.45) is 5.36. The van der Waals surface area contributed by atoms with Crippen LogP contribution in [0.25, 0.3) is 0 Å². The third-order valence-corrected chi connectivity index (χ3v) is 4.64. The smallest absolute Gasteiger partial charge is 0.243 e. The standard InChI is InChI=1S/C10H17N3OS2/c1-15-6-4-7(11)10-12-9(13-14-10)8-3-2-5-16-8/h7-8H,2-6,11H2,1H3. The fourth-order valence-corrected chi connectivity index (χ4v) is 3.36. The van der Waals surface area contributed by atoms with E-state index in [0.29, 0.717) is 11.1 Å². The first kappa shape index (κ1) is 12.3. The van der Waals surface area contributed by atoms with Crippen LogP contribution in [0, 0.1) is 0 Å². The van der Waals surface area contributed by atoms with Crippen molar-refractivity contribution in [2.75, 3.05) is 17.8 Å².